The molecular weight excluding hydrogens is 387 g/mol. The van der Waals surface area contributed by atoms with Crippen LogP contribution in [0.2, 0.25) is 0 Å². The van der Waals surface area contributed by atoms with Crippen LogP contribution in [-0.4, -0.2) is 62.7 Å². The number of ether oxygens (including phenoxy) is 1. The molecule has 3 amide bonds. The van der Waals surface area contributed by atoms with Crippen molar-refractivity contribution < 1.29 is 18.7 Å². The number of para-hydroxylation sites is 2. The summed E-state index contributed by atoms with van der Waals surface area (Å²) in [5.41, 5.74) is 1.67. The van der Waals surface area contributed by atoms with Crippen LogP contribution in [0.25, 0.3) is 0 Å². The molecule has 0 spiro atoms. The monoisotopic (exact) mass is 412 g/mol. The molecule has 2 fully saturated rings. The van der Waals surface area contributed by atoms with Crippen LogP contribution >= 0.6 is 0 Å². The molecule has 7 nitrogen and oxygen atoms in total. The van der Waals surface area contributed by atoms with Crippen LogP contribution in [0.4, 0.5) is 20.6 Å². The summed E-state index contributed by atoms with van der Waals surface area (Å²) in [5, 5.41) is 2.97. The van der Waals surface area contributed by atoms with E-state index in [0.717, 1.165) is 11.4 Å². The van der Waals surface area contributed by atoms with E-state index in [1.165, 1.54) is 12.1 Å². The molecule has 2 aromatic carbocycles. The lowest BCUT2D eigenvalue weighted by Crippen LogP contribution is -2.54. The minimum atomic E-state index is -0.345. The quantitative estimate of drug-likeness (QED) is 0.838. The highest BCUT2D eigenvalue weighted by molar-refractivity contribution is 5.96. The predicted molar refractivity (Wildman–Crippen MR) is 112 cm³/mol. The van der Waals surface area contributed by atoms with Crippen molar-refractivity contribution in [3.63, 3.8) is 0 Å². The first kappa shape index (κ1) is 20.0. The van der Waals surface area contributed by atoms with E-state index in [1.54, 1.807) is 29.0 Å². The van der Waals surface area contributed by atoms with E-state index in [4.69, 9.17) is 4.74 Å². The number of amides is 3. The average Bonchev–Trinajstić information content (AvgIpc) is 3.14. The van der Waals surface area contributed by atoms with Gasteiger partial charge in [-0.1, -0.05) is 12.1 Å². The molecule has 0 unspecified atom stereocenters. The van der Waals surface area contributed by atoms with Crippen molar-refractivity contribution in [2.24, 2.45) is 0 Å². The minimum Gasteiger partial charge on any atom is -0.495 e. The molecule has 0 aliphatic carbocycles. The lowest BCUT2D eigenvalue weighted by Gasteiger charge is -2.37. The van der Waals surface area contributed by atoms with E-state index >= 15 is 0 Å². The first-order valence-corrected chi connectivity index (χ1v) is 10.0. The molecular formula is C22H25FN4O3. The maximum Gasteiger partial charge on any atom is 0.317 e. The van der Waals surface area contributed by atoms with Gasteiger partial charge in [-0.3, -0.25) is 4.79 Å². The van der Waals surface area contributed by atoms with Crippen molar-refractivity contribution in [3.05, 3.63) is 54.3 Å². The third-order valence-corrected chi connectivity index (χ3v) is 5.58. The molecule has 2 aliphatic rings. The number of hydrogen-bond donors (Lipinski definition) is 1. The van der Waals surface area contributed by atoms with Crippen LogP contribution < -0.4 is 19.9 Å². The number of urea groups is 1. The molecule has 8 heteroatoms. The Morgan fingerprint density at radius 3 is 2.47 bits per heavy atom. The summed E-state index contributed by atoms with van der Waals surface area (Å²) in [6, 6.07) is 13.2. The summed E-state index contributed by atoms with van der Waals surface area (Å²) in [5.74, 6) is 0.399. The number of nitrogens with zero attached hydrogens (tertiary/aromatic N) is 3. The van der Waals surface area contributed by atoms with Crippen molar-refractivity contribution in [3.8, 4) is 5.75 Å². The van der Waals surface area contributed by atoms with Gasteiger partial charge in [0.1, 0.15) is 11.6 Å². The highest BCUT2D eigenvalue weighted by Gasteiger charge is 2.33. The van der Waals surface area contributed by atoms with Gasteiger partial charge in [0.2, 0.25) is 5.91 Å². The molecule has 1 atom stereocenters. The first-order chi connectivity index (χ1) is 14.5. The zero-order chi connectivity index (χ0) is 21.1. The SMILES string of the molecule is COc1ccccc1N1CCN(C(=O)N[C@@H]2CC(=O)N(c3ccc(F)cc3)C2)CC1. The van der Waals surface area contributed by atoms with Gasteiger partial charge in [-0.2, -0.15) is 0 Å². The second-order valence-electron chi connectivity index (χ2n) is 7.48. The fraction of sp³-hybridized carbons (Fsp3) is 0.364. The fourth-order valence-electron chi connectivity index (χ4n) is 3.98. The normalized spacial score (nSPS) is 19.2. The van der Waals surface area contributed by atoms with Gasteiger partial charge in [-0.15, -0.1) is 0 Å². The van der Waals surface area contributed by atoms with Gasteiger partial charge >= 0.3 is 6.03 Å². The van der Waals surface area contributed by atoms with Crippen LogP contribution in [0.5, 0.6) is 5.75 Å². The van der Waals surface area contributed by atoms with Gasteiger partial charge in [0.25, 0.3) is 0 Å². The Kier molecular flexibility index (Phi) is 5.74. The Morgan fingerprint density at radius 2 is 1.77 bits per heavy atom. The maximum absolute atomic E-state index is 13.1. The molecule has 0 saturated carbocycles. The van der Waals surface area contributed by atoms with Gasteiger partial charge in [0.15, 0.2) is 0 Å². The highest BCUT2D eigenvalue weighted by Crippen LogP contribution is 2.28. The number of nitrogens with one attached hydrogen (secondary N) is 1. The molecule has 2 aromatic rings. The van der Waals surface area contributed by atoms with Crippen molar-refractivity contribution in [2.45, 2.75) is 12.5 Å². The van der Waals surface area contributed by atoms with Crippen molar-refractivity contribution in [1.29, 1.82) is 0 Å². The van der Waals surface area contributed by atoms with Gasteiger partial charge in [-0.05, 0) is 36.4 Å². The van der Waals surface area contributed by atoms with Crippen molar-refractivity contribution >= 4 is 23.3 Å². The zero-order valence-corrected chi connectivity index (χ0v) is 16.9. The standard InChI is InChI=1S/C22H25FN4O3/c1-30-20-5-3-2-4-19(20)25-10-12-26(13-11-25)22(29)24-17-14-21(28)27(15-17)18-8-6-16(23)7-9-18/h2-9,17H,10-15H2,1H3,(H,24,29)/t17-/m1/s1. The summed E-state index contributed by atoms with van der Waals surface area (Å²) < 4.78 is 18.6. The molecule has 0 bridgehead atoms. The van der Waals surface area contributed by atoms with Crippen LogP contribution in [0, 0.1) is 5.82 Å². The number of halogens is 1. The summed E-state index contributed by atoms with van der Waals surface area (Å²) in [6.07, 6.45) is 0.240. The maximum atomic E-state index is 13.1. The van der Waals surface area contributed by atoms with Crippen molar-refractivity contribution in [1.82, 2.24) is 10.2 Å². The molecule has 0 radical (unpaired) electrons. The number of piperazine rings is 1. The van der Waals surface area contributed by atoms with E-state index in [1.807, 2.05) is 24.3 Å². The van der Waals surface area contributed by atoms with Crippen LogP contribution in [0.15, 0.2) is 48.5 Å². The lowest BCUT2D eigenvalue weighted by atomic mass is 10.2. The van der Waals surface area contributed by atoms with E-state index in [0.29, 0.717) is 38.4 Å². The minimum absolute atomic E-state index is 0.0760. The summed E-state index contributed by atoms with van der Waals surface area (Å²) in [6.45, 7) is 2.98. The van der Waals surface area contributed by atoms with Crippen molar-refractivity contribution in [2.75, 3.05) is 49.6 Å². The molecule has 4 rings (SSSR count). The fourth-order valence-corrected chi connectivity index (χ4v) is 3.98. The molecule has 0 aromatic heterocycles. The molecule has 158 valence electrons. The second-order valence-corrected chi connectivity index (χ2v) is 7.48. The number of benzene rings is 2. The zero-order valence-electron chi connectivity index (χ0n) is 16.9. The Morgan fingerprint density at radius 1 is 1.07 bits per heavy atom. The van der Waals surface area contributed by atoms with Gasteiger partial charge < -0.3 is 24.8 Å². The van der Waals surface area contributed by atoms with Gasteiger partial charge in [0.05, 0.1) is 18.8 Å². The number of carbonyl (C=O) groups is 2. The third kappa shape index (κ3) is 4.17. The third-order valence-electron chi connectivity index (χ3n) is 5.58. The van der Waals surface area contributed by atoms with Crippen LogP contribution in [-0.2, 0) is 4.79 Å². The molecule has 2 aliphatic heterocycles. The largest absolute Gasteiger partial charge is 0.495 e. The molecule has 2 heterocycles. The lowest BCUT2D eigenvalue weighted by molar-refractivity contribution is -0.117. The number of rotatable bonds is 4. The number of anilines is 2. The predicted octanol–water partition coefficient (Wildman–Crippen LogP) is 2.47. The first-order valence-electron chi connectivity index (χ1n) is 10.0. The number of carbonyl (C=O) groups excluding carboxylic acids is 2. The van der Waals surface area contributed by atoms with Gasteiger partial charge in [0, 0.05) is 44.8 Å². The smallest absolute Gasteiger partial charge is 0.317 e. The summed E-state index contributed by atoms with van der Waals surface area (Å²) in [4.78, 5) is 30.6. The van der Waals surface area contributed by atoms with E-state index < -0.39 is 0 Å². The van der Waals surface area contributed by atoms with E-state index in [2.05, 4.69) is 10.2 Å². The molecule has 1 N–H and O–H groups in total. The van der Waals surface area contributed by atoms with Crippen LogP contribution in [0.3, 0.4) is 0 Å². The second kappa shape index (κ2) is 8.61. The Bertz CT molecular complexity index is 913. The summed E-state index contributed by atoms with van der Waals surface area (Å²) >= 11 is 0. The van der Waals surface area contributed by atoms with E-state index in [9.17, 15) is 14.0 Å². The average molecular weight is 412 g/mol. The van der Waals surface area contributed by atoms with Gasteiger partial charge in [-0.25, -0.2) is 9.18 Å². The Hall–Kier alpha value is -3.29. The molecule has 30 heavy (non-hydrogen) atoms. The summed E-state index contributed by atoms with van der Waals surface area (Å²) in [7, 11) is 1.65. The highest BCUT2D eigenvalue weighted by atomic mass is 19.1. The van der Waals surface area contributed by atoms with Crippen LogP contribution in [0.1, 0.15) is 6.42 Å². The Labute approximate surface area is 175 Å². The Balaban J connectivity index is 1.31. The topological polar surface area (TPSA) is 65.1 Å². The molecule has 2 saturated heterocycles. The number of hydrogen-bond acceptors (Lipinski definition) is 4. The number of methoxy groups -OCH3 is 1. The van der Waals surface area contributed by atoms with E-state index in [-0.39, 0.29) is 30.2 Å².